The molecular weight excluding hydrogens is 308 g/mol. The van der Waals surface area contributed by atoms with Crippen LogP contribution in [0.25, 0.3) is 0 Å². The first-order valence-corrected chi connectivity index (χ1v) is 9.84. The predicted octanol–water partition coefficient (Wildman–Crippen LogP) is 1.85. The Balaban J connectivity index is 1.67. The third-order valence-corrected chi connectivity index (χ3v) is 6.58. The van der Waals surface area contributed by atoms with Crippen LogP contribution < -0.4 is 10.0 Å². The van der Waals surface area contributed by atoms with E-state index in [-0.39, 0.29) is 12.1 Å². The van der Waals surface area contributed by atoms with E-state index in [1.54, 1.807) is 6.07 Å². The van der Waals surface area contributed by atoms with Crippen molar-refractivity contribution < 1.29 is 13.2 Å². The molecule has 118 valence electrons. The van der Waals surface area contributed by atoms with Gasteiger partial charge in [-0.2, -0.15) is 0 Å². The lowest BCUT2D eigenvalue weighted by Gasteiger charge is -2.27. The average Bonchev–Trinajstić information content (AvgIpc) is 3.12. The Kier molecular flexibility index (Phi) is 4.66. The molecule has 1 saturated carbocycles. The zero-order valence-corrected chi connectivity index (χ0v) is 13.8. The Hall–Kier alpha value is -0.470. The Labute approximate surface area is 130 Å². The van der Waals surface area contributed by atoms with Gasteiger partial charge in [-0.3, -0.25) is 0 Å². The van der Waals surface area contributed by atoms with Crippen LogP contribution in [0.15, 0.2) is 16.3 Å². The van der Waals surface area contributed by atoms with Gasteiger partial charge in [0, 0.05) is 30.1 Å². The van der Waals surface area contributed by atoms with Crippen molar-refractivity contribution in [3.05, 3.63) is 16.3 Å². The normalized spacial score (nSPS) is 26.9. The van der Waals surface area contributed by atoms with E-state index in [1.807, 2.05) is 12.3 Å². The fourth-order valence-corrected chi connectivity index (χ4v) is 5.29. The number of ether oxygens (including phenoxy) is 1. The van der Waals surface area contributed by atoms with Crippen LogP contribution in [-0.2, 0) is 21.3 Å². The molecule has 5 nitrogen and oxygen atoms in total. The first-order chi connectivity index (χ1) is 10.0. The maximum absolute atomic E-state index is 12.6. The minimum absolute atomic E-state index is 0.0251. The molecule has 1 aromatic rings. The minimum Gasteiger partial charge on any atom is -0.378 e. The van der Waals surface area contributed by atoms with Gasteiger partial charge >= 0.3 is 0 Å². The second-order valence-electron chi connectivity index (χ2n) is 5.89. The van der Waals surface area contributed by atoms with Gasteiger partial charge in [-0.15, -0.1) is 11.3 Å². The van der Waals surface area contributed by atoms with Crippen LogP contribution in [0.1, 0.15) is 37.5 Å². The Morgan fingerprint density at radius 1 is 1.33 bits per heavy atom. The van der Waals surface area contributed by atoms with E-state index in [1.165, 1.54) is 24.2 Å². The second-order valence-corrected chi connectivity index (χ2v) is 8.57. The summed E-state index contributed by atoms with van der Waals surface area (Å²) in [4.78, 5) is 1.33. The molecule has 7 heteroatoms. The van der Waals surface area contributed by atoms with Gasteiger partial charge in [0.05, 0.1) is 11.0 Å². The first kappa shape index (κ1) is 15.4. The molecule has 2 N–H and O–H groups in total. The van der Waals surface area contributed by atoms with E-state index >= 15 is 0 Å². The molecule has 0 radical (unpaired) electrons. The van der Waals surface area contributed by atoms with Gasteiger partial charge in [-0.1, -0.05) is 0 Å². The fourth-order valence-electron chi connectivity index (χ4n) is 2.61. The maximum Gasteiger partial charge on any atom is 0.241 e. The number of hydrogen-bond acceptors (Lipinski definition) is 5. The number of nitrogens with one attached hydrogen (secondary N) is 2. The molecule has 2 unspecified atom stereocenters. The summed E-state index contributed by atoms with van der Waals surface area (Å²) >= 11 is 1.50. The van der Waals surface area contributed by atoms with Gasteiger partial charge in [0.25, 0.3) is 0 Å². The van der Waals surface area contributed by atoms with Crippen LogP contribution in [0.3, 0.4) is 0 Å². The quantitative estimate of drug-likeness (QED) is 0.835. The van der Waals surface area contributed by atoms with Crippen LogP contribution >= 0.6 is 11.3 Å². The summed E-state index contributed by atoms with van der Waals surface area (Å²) in [7, 11) is -3.43. The van der Waals surface area contributed by atoms with Gasteiger partial charge < -0.3 is 10.1 Å². The number of sulfonamides is 1. The summed E-state index contributed by atoms with van der Waals surface area (Å²) in [6.45, 7) is 3.24. The van der Waals surface area contributed by atoms with Crippen LogP contribution in [0.2, 0.25) is 0 Å². The molecule has 2 atom stereocenters. The SMILES string of the molecule is CC1CC(NS(=O)(=O)c2ccsc2CNC2CC2)CCO1. The smallest absolute Gasteiger partial charge is 0.241 e. The molecule has 3 rings (SSSR count). The number of rotatable bonds is 6. The highest BCUT2D eigenvalue weighted by molar-refractivity contribution is 7.89. The molecule has 0 spiro atoms. The molecule has 2 heterocycles. The van der Waals surface area contributed by atoms with E-state index < -0.39 is 10.0 Å². The van der Waals surface area contributed by atoms with Crippen molar-refractivity contribution in [3.63, 3.8) is 0 Å². The van der Waals surface area contributed by atoms with Gasteiger partial charge in [-0.25, -0.2) is 13.1 Å². The standard InChI is InChI=1S/C14H22N2O3S2/c1-10-8-12(4-6-19-10)16-21(17,18)14-5-7-20-13(14)9-15-11-2-3-11/h5,7,10-12,15-16H,2-4,6,8-9H2,1H3. The van der Waals surface area contributed by atoms with Crippen molar-refractivity contribution >= 4 is 21.4 Å². The van der Waals surface area contributed by atoms with Gasteiger partial charge in [0.15, 0.2) is 0 Å². The molecule has 1 aliphatic carbocycles. The molecule has 0 aromatic carbocycles. The Morgan fingerprint density at radius 2 is 2.14 bits per heavy atom. The topological polar surface area (TPSA) is 67.4 Å². The summed E-state index contributed by atoms with van der Waals surface area (Å²) in [6, 6.07) is 2.26. The third kappa shape index (κ3) is 4.04. The lowest BCUT2D eigenvalue weighted by molar-refractivity contribution is 0.0173. The van der Waals surface area contributed by atoms with Crippen LogP contribution in [0.4, 0.5) is 0 Å². The highest BCUT2D eigenvalue weighted by Gasteiger charge is 2.28. The Bertz CT molecular complexity index is 581. The fraction of sp³-hybridized carbons (Fsp3) is 0.714. The summed E-state index contributed by atoms with van der Waals surface area (Å²) < 4.78 is 33.5. The zero-order chi connectivity index (χ0) is 14.9. The molecule has 21 heavy (non-hydrogen) atoms. The second kappa shape index (κ2) is 6.34. The summed E-state index contributed by atoms with van der Waals surface area (Å²) in [5.41, 5.74) is 0. The minimum atomic E-state index is -3.43. The zero-order valence-electron chi connectivity index (χ0n) is 12.2. The van der Waals surface area contributed by atoms with Crippen molar-refractivity contribution in [2.45, 2.75) is 62.2 Å². The summed E-state index contributed by atoms with van der Waals surface area (Å²) in [5.74, 6) is 0. The van der Waals surface area contributed by atoms with Gasteiger partial charge in [0.2, 0.25) is 10.0 Å². The largest absolute Gasteiger partial charge is 0.378 e. The molecule has 0 amide bonds. The summed E-state index contributed by atoms with van der Waals surface area (Å²) in [5, 5.41) is 5.23. The highest BCUT2D eigenvalue weighted by atomic mass is 32.2. The number of thiophene rings is 1. The molecule has 2 fully saturated rings. The van der Waals surface area contributed by atoms with Gasteiger partial charge in [0.1, 0.15) is 0 Å². The van der Waals surface area contributed by atoms with Crippen LogP contribution in [-0.4, -0.2) is 33.2 Å². The molecule has 0 bridgehead atoms. The van der Waals surface area contributed by atoms with Gasteiger partial charge in [-0.05, 0) is 44.1 Å². The van der Waals surface area contributed by atoms with E-state index in [0.29, 0.717) is 24.1 Å². The first-order valence-electron chi connectivity index (χ1n) is 7.48. The molecular formula is C14H22N2O3S2. The molecule has 2 aliphatic rings. The van der Waals surface area contributed by atoms with E-state index in [2.05, 4.69) is 10.0 Å². The van der Waals surface area contributed by atoms with E-state index in [9.17, 15) is 8.42 Å². The lowest BCUT2D eigenvalue weighted by atomic mass is 10.1. The van der Waals surface area contributed by atoms with Crippen molar-refractivity contribution in [3.8, 4) is 0 Å². The highest BCUT2D eigenvalue weighted by Crippen LogP contribution is 2.26. The predicted molar refractivity (Wildman–Crippen MR) is 82.9 cm³/mol. The monoisotopic (exact) mass is 330 g/mol. The van der Waals surface area contributed by atoms with Crippen molar-refractivity contribution in [2.24, 2.45) is 0 Å². The van der Waals surface area contributed by atoms with Crippen LogP contribution in [0.5, 0.6) is 0 Å². The average molecular weight is 330 g/mol. The lowest BCUT2D eigenvalue weighted by Crippen LogP contribution is -2.41. The van der Waals surface area contributed by atoms with E-state index in [4.69, 9.17) is 4.74 Å². The van der Waals surface area contributed by atoms with Crippen molar-refractivity contribution in [1.82, 2.24) is 10.0 Å². The molecule has 1 saturated heterocycles. The maximum atomic E-state index is 12.6. The van der Waals surface area contributed by atoms with Crippen molar-refractivity contribution in [2.75, 3.05) is 6.61 Å². The molecule has 1 aliphatic heterocycles. The molecule has 1 aromatic heterocycles. The summed E-state index contributed by atoms with van der Waals surface area (Å²) in [6.07, 6.45) is 3.99. The Morgan fingerprint density at radius 3 is 2.86 bits per heavy atom. The third-order valence-electron chi connectivity index (χ3n) is 3.93. The number of hydrogen-bond donors (Lipinski definition) is 2. The van der Waals surface area contributed by atoms with Crippen LogP contribution in [0, 0.1) is 0 Å². The van der Waals surface area contributed by atoms with Crippen molar-refractivity contribution in [1.29, 1.82) is 0 Å². The van der Waals surface area contributed by atoms with E-state index in [0.717, 1.165) is 17.7 Å².